The highest BCUT2D eigenvalue weighted by Crippen LogP contribution is 2.44. The molecule has 7 rings (SSSR count). The summed E-state index contributed by atoms with van der Waals surface area (Å²) < 4.78 is 7.31. The van der Waals surface area contributed by atoms with Crippen LogP contribution in [0.5, 0.6) is 0 Å². The molecule has 3 nitrogen and oxygen atoms in total. The third-order valence-electron chi connectivity index (χ3n) is 12.4. The second-order valence-corrected chi connectivity index (χ2v) is 15.0. The van der Waals surface area contributed by atoms with Gasteiger partial charge in [0.05, 0.1) is 0 Å². The van der Waals surface area contributed by atoms with E-state index in [4.69, 9.17) is 0 Å². The van der Waals surface area contributed by atoms with Crippen LogP contribution < -0.4 is 9.13 Å². The molecule has 0 aliphatic heterocycles. The van der Waals surface area contributed by atoms with Crippen LogP contribution in [0.2, 0.25) is 0 Å². The molecular formula is C47H53N3+2. The summed E-state index contributed by atoms with van der Waals surface area (Å²) in [6, 6.07) is 32.1. The lowest BCUT2D eigenvalue weighted by atomic mass is 9.95. The van der Waals surface area contributed by atoms with E-state index in [1.807, 2.05) is 0 Å². The molecule has 3 heterocycles. The number of allylic oxidation sites excluding steroid dienone is 2. The van der Waals surface area contributed by atoms with E-state index in [-0.39, 0.29) is 0 Å². The fraction of sp³-hybridized carbons (Fsp3) is 0.319. The zero-order chi connectivity index (χ0) is 35.4. The van der Waals surface area contributed by atoms with Crippen molar-refractivity contribution in [3.8, 4) is 0 Å². The first-order valence-corrected chi connectivity index (χ1v) is 18.3. The number of hydrogen-bond donors (Lipinski definition) is 0. The van der Waals surface area contributed by atoms with Crippen LogP contribution >= 0.6 is 0 Å². The molecule has 3 heteroatoms. The minimum Gasteiger partial charge on any atom is -0.340 e. The van der Waals surface area contributed by atoms with Crippen molar-refractivity contribution in [1.82, 2.24) is 4.57 Å². The van der Waals surface area contributed by atoms with Crippen LogP contribution in [0, 0.1) is 48.5 Å². The quantitative estimate of drug-likeness (QED) is 0.144. The van der Waals surface area contributed by atoms with Gasteiger partial charge in [0, 0.05) is 92.0 Å². The third kappa shape index (κ3) is 5.81. The van der Waals surface area contributed by atoms with Gasteiger partial charge in [-0.3, -0.25) is 0 Å². The monoisotopic (exact) mass is 659 g/mol. The van der Waals surface area contributed by atoms with Gasteiger partial charge < -0.3 is 4.57 Å². The number of benzene rings is 3. The number of rotatable bonds is 8. The Morgan fingerprint density at radius 3 is 2.02 bits per heavy atom. The van der Waals surface area contributed by atoms with Crippen molar-refractivity contribution in [3.05, 3.63) is 169 Å². The van der Waals surface area contributed by atoms with Crippen LogP contribution in [-0.4, -0.2) is 4.57 Å². The van der Waals surface area contributed by atoms with Gasteiger partial charge in [-0.25, -0.2) is 4.57 Å². The van der Waals surface area contributed by atoms with Crippen molar-refractivity contribution in [1.29, 1.82) is 0 Å². The third-order valence-corrected chi connectivity index (χ3v) is 12.4. The van der Waals surface area contributed by atoms with E-state index in [9.17, 15) is 0 Å². The number of aromatic nitrogens is 3. The topological polar surface area (TPSA) is 12.7 Å². The predicted molar refractivity (Wildman–Crippen MR) is 208 cm³/mol. The maximum absolute atomic E-state index is 2.53. The van der Waals surface area contributed by atoms with Crippen molar-refractivity contribution >= 4 is 16.5 Å². The molecule has 1 unspecified atom stereocenters. The van der Waals surface area contributed by atoms with E-state index in [0.717, 1.165) is 25.9 Å². The fourth-order valence-corrected chi connectivity index (χ4v) is 8.47. The number of hydrogen-bond acceptors (Lipinski definition) is 0. The van der Waals surface area contributed by atoms with Gasteiger partial charge in [0.2, 0.25) is 0 Å². The average molecular weight is 660 g/mol. The lowest BCUT2D eigenvalue weighted by molar-refractivity contribution is -0.700. The molecule has 3 aromatic carbocycles. The van der Waals surface area contributed by atoms with Gasteiger partial charge in [-0.1, -0.05) is 79.2 Å². The van der Waals surface area contributed by atoms with E-state index < -0.39 is 0 Å². The van der Waals surface area contributed by atoms with Gasteiger partial charge in [-0.2, -0.15) is 4.57 Å². The zero-order valence-electron chi connectivity index (χ0n) is 31.8. The molecule has 50 heavy (non-hydrogen) atoms. The molecule has 1 aliphatic rings. The Kier molecular flexibility index (Phi) is 8.89. The highest BCUT2D eigenvalue weighted by Gasteiger charge is 2.27. The normalized spacial score (nSPS) is 14.2. The van der Waals surface area contributed by atoms with Crippen LogP contribution in [0.1, 0.15) is 98.3 Å². The smallest absolute Gasteiger partial charge is 0.181 e. The van der Waals surface area contributed by atoms with Crippen molar-refractivity contribution in [2.24, 2.45) is 7.05 Å². The Morgan fingerprint density at radius 2 is 1.28 bits per heavy atom. The fourth-order valence-electron chi connectivity index (χ4n) is 8.47. The summed E-state index contributed by atoms with van der Waals surface area (Å²) in [5, 5.41) is 1.38. The first-order chi connectivity index (χ1) is 23.9. The molecule has 6 aromatic rings. The van der Waals surface area contributed by atoms with Gasteiger partial charge in [-0.15, -0.1) is 0 Å². The zero-order valence-corrected chi connectivity index (χ0v) is 31.8. The van der Waals surface area contributed by atoms with Gasteiger partial charge in [0.25, 0.3) is 0 Å². The lowest BCUT2D eigenvalue weighted by Crippen LogP contribution is -2.42. The standard InChI is InChI=1S/C47H53N3/c1-29-23-40(33(5)35(7)48(29)10)25-41-24-30(2)49(36(8)34(41)6)27-38-19-21-39(22-20-38)28-50-37(9)46(44-17-13-14-18-47(44)50)26-45-32(4)31(3)42-15-11-12-16-43(42)45/h11-24,31H,25-28H2,1-10H3/q+2. The summed E-state index contributed by atoms with van der Waals surface area (Å²) in [6.45, 7) is 22.3. The second-order valence-electron chi connectivity index (χ2n) is 15.0. The summed E-state index contributed by atoms with van der Waals surface area (Å²) in [4.78, 5) is 0. The predicted octanol–water partition coefficient (Wildman–Crippen LogP) is 9.73. The summed E-state index contributed by atoms with van der Waals surface area (Å²) in [6.07, 6.45) is 1.94. The van der Waals surface area contributed by atoms with E-state index in [1.54, 1.807) is 0 Å². The molecular weight excluding hydrogens is 607 g/mol. The van der Waals surface area contributed by atoms with Gasteiger partial charge in [0.1, 0.15) is 7.05 Å². The molecule has 0 N–H and O–H groups in total. The number of para-hydroxylation sites is 1. The molecule has 0 fully saturated rings. The molecule has 0 radical (unpaired) electrons. The van der Waals surface area contributed by atoms with E-state index in [2.05, 4.69) is 168 Å². The molecule has 0 bridgehead atoms. The number of pyridine rings is 2. The minimum absolute atomic E-state index is 0.483. The van der Waals surface area contributed by atoms with Gasteiger partial charge in [0.15, 0.2) is 29.3 Å². The highest BCUT2D eigenvalue weighted by atomic mass is 15.0. The summed E-state index contributed by atoms with van der Waals surface area (Å²) in [7, 11) is 2.16. The molecule has 3 aromatic heterocycles. The largest absolute Gasteiger partial charge is 0.340 e. The van der Waals surface area contributed by atoms with Crippen LogP contribution in [0.15, 0.2) is 90.5 Å². The van der Waals surface area contributed by atoms with E-state index in [1.165, 1.54) is 101 Å². The molecule has 1 atom stereocenters. The second kappa shape index (κ2) is 13.2. The Hall–Kier alpha value is -4.76. The minimum atomic E-state index is 0.483. The highest BCUT2D eigenvalue weighted by molar-refractivity contribution is 5.89. The maximum Gasteiger partial charge on any atom is 0.181 e. The summed E-state index contributed by atoms with van der Waals surface area (Å²) in [5.41, 5.74) is 23.7. The SMILES string of the molecule is CC1=C(Cc2c(C)n(Cc3ccc(C[n+]4c(C)cc(Cc5cc(C)[n+](C)c(C)c5C)c(C)c4C)cc3)c3ccccc23)c2ccccc2C1C. The maximum atomic E-state index is 2.53. The average Bonchev–Trinajstić information content (AvgIpc) is 3.52. The van der Waals surface area contributed by atoms with E-state index in [0.29, 0.717) is 5.92 Å². The molecule has 0 spiro atoms. The first-order valence-electron chi connectivity index (χ1n) is 18.3. The molecule has 1 aliphatic carbocycles. The van der Waals surface area contributed by atoms with Crippen molar-refractivity contribution in [2.45, 2.75) is 94.2 Å². The number of nitrogens with zero attached hydrogens (tertiary/aromatic N) is 3. The van der Waals surface area contributed by atoms with Crippen molar-refractivity contribution < 1.29 is 9.13 Å². The van der Waals surface area contributed by atoms with Crippen molar-refractivity contribution in [3.63, 3.8) is 0 Å². The molecule has 254 valence electrons. The van der Waals surface area contributed by atoms with Crippen LogP contribution in [0.4, 0.5) is 0 Å². The number of fused-ring (bicyclic) bond motifs is 2. The van der Waals surface area contributed by atoms with Crippen molar-refractivity contribution in [2.75, 3.05) is 0 Å². The van der Waals surface area contributed by atoms with Crippen LogP contribution in [0.3, 0.4) is 0 Å². The molecule has 0 saturated heterocycles. The first kappa shape index (κ1) is 33.7. The van der Waals surface area contributed by atoms with Crippen LogP contribution in [-0.2, 0) is 33.0 Å². The summed E-state index contributed by atoms with van der Waals surface area (Å²) >= 11 is 0. The Bertz CT molecular complexity index is 2310. The Labute approximate surface area is 299 Å². The van der Waals surface area contributed by atoms with Crippen LogP contribution in [0.25, 0.3) is 16.5 Å². The number of aryl methyl sites for hydroxylation is 2. The molecule has 0 amide bonds. The van der Waals surface area contributed by atoms with E-state index >= 15 is 0 Å². The summed E-state index contributed by atoms with van der Waals surface area (Å²) in [5.74, 6) is 0.483. The Balaban J connectivity index is 1.13. The Morgan fingerprint density at radius 1 is 0.660 bits per heavy atom. The van der Waals surface area contributed by atoms with Gasteiger partial charge >= 0.3 is 0 Å². The lowest BCUT2D eigenvalue weighted by Gasteiger charge is -2.14. The van der Waals surface area contributed by atoms with Gasteiger partial charge in [-0.05, 0) is 79.1 Å². The molecule has 0 saturated carbocycles.